The average molecular weight is 457 g/mol. The average Bonchev–Trinajstić information content (AvgIpc) is 2.85. The van der Waals surface area contributed by atoms with E-state index in [4.69, 9.17) is 4.74 Å². The lowest BCUT2D eigenvalue weighted by atomic mass is 10.1. The van der Waals surface area contributed by atoms with Gasteiger partial charge in [-0.05, 0) is 44.2 Å². The number of carbonyl (C=O) groups is 2. The first-order chi connectivity index (χ1) is 16.4. The Morgan fingerprint density at radius 2 is 1.74 bits per heavy atom. The molecule has 4 rings (SSSR count). The summed E-state index contributed by atoms with van der Waals surface area (Å²) in [5.41, 5.74) is 1.16. The number of aromatic nitrogens is 3. The summed E-state index contributed by atoms with van der Waals surface area (Å²) in [4.78, 5) is 42.3. The molecular formula is C25H23N5O4. The molecule has 0 unspecified atom stereocenters. The first kappa shape index (κ1) is 22.7. The normalized spacial score (nSPS) is 10.8. The molecule has 2 amide bonds. The minimum Gasteiger partial charge on any atom is -0.494 e. The zero-order chi connectivity index (χ0) is 24.2. The summed E-state index contributed by atoms with van der Waals surface area (Å²) in [5, 5.41) is 10.8. The Morgan fingerprint density at radius 1 is 0.971 bits per heavy atom. The fourth-order valence-electron chi connectivity index (χ4n) is 3.48. The van der Waals surface area contributed by atoms with Crippen LogP contribution in [0.2, 0.25) is 0 Å². The van der Waals surface area contributed by atoms with Crippen molar-refractivity contribution in [2.24, 2.45) is 0 Å². The summed E-state index contributed by atoms with van der Waals surface area (Å²) in [7, 11) is 1.47. The molecule has 0 saturated carbocycles. The number of methoxy groups -OCH3 is 1. The van der Waals surface area contributed by atoms with Gasteiger partial charge >= 0.3 is 0 Å². The second-order valence-corrected chi connectivity index (χ2v) is 7.80. The molecule has 0 aliphatic rings. The number of rotatable bonds is 6. The van der Waals surface area contributed by atoms with Gasteiger partial charge in [-0.1, -0.05) is 18.2 Å². The van der Waals surface area contributed by atoms with Gasteiger partial charge in [0, 0.05) is 29.5 Å². The van der Waals surface area contributed by atoms with Crippen molar-refractivity contribution in [2.45, 2.75) is 19.9 Å². The Bertz CT molecular complexity index is 1430. The van der Waals surface area contributed by atoms with Crippen LogP contribution >= 0.6 is 0 Å². The van der Waals surface area contributed by atoms with Gasteiger partial charge < -0.3 is 15.4 Å². The van der Waals surface area contributed by atoms with Gasteiger partial charge in [0.2, 0.25) is 0 Å². The maximum absolute atomic E-state index is 13.2. The maximum atomic E-state index is 13.2. The molecular weight excluding hydrogens is 434 g/mol. The summed E-state index contributed by atoms with van der Waals surface area (Å²) in [6, 6.07) is 14.8. The SMILES string of the molecule is COc1cc(NC(=O)c2nn(C(C)C)c(=O)c3ccccc23)ccc1NC(=O)c1cccnc1. The van der Waals surface area contributed by atoms with Crippen LogP contribution in [0, 0.1) is 0 Å². The minimum absolute atomic E-state index is 0.136. The highest BCUT2D eigenvalue weighted by Crippen LogP contribution is 2.29. The smallest absolute Gasteiger partial charge is 0.276 e. The molecule has 2 aromatic heterocycles. The lowest BCUT2D eigenvalue weighted by Gasteiger charge is -2.15. The highest BCUT2D eigenvalue weighted by molar-refractivity contribution is 6.11. The van der Waals surface area contributed by atoms with E-state index in [9.17, 15) is 14.4 Å². The van der Waals surface area contributed by atoms with Crippen molar-refractivity contribution in [2.75, 3.05) is 17.7 Å². The van der Waals surface area contributed by atoms with Gasteiger partial charge in [-0.15, -0.1) is 0 Å². The molecule has 0 atom stereocenters. The molecule has 0 aliphatic carbocycles. The van der Waals surface area contributed by atoms with Crippen LogP contribution in [0.4, 0.5) is 11.4 Å². The number of amides is 2. The summed E-state index contributed by atoms with van der Waals surface area (Å²) >= 11 is 0. The van der Waals surface area contributed by atoms with Crippen LogP contribution in [-0.4, -0.2) is 33.7 Å². The molecule has 0 aliphatic heterocycles. The van der Waals surface area contributed by atoms with Crippen molar-refractivity contribution in [1.29, 1.82) is 0 Å². The van der Waals surface area contributed by atoms with Gasteiger partial charge in [0.05, 0.1) is 29.8 Å². The molecule has 0 radical (unpaired) electrons. The standard InChI is InChI=1S/C25H23N5O4/c1-15(2)30-25(33)19-9-5-4-8-18(19)22(29-30)24(32)27-17-10-11-20(21(13-17)34-3)28-23(31)16-7-6-12-26-14-16/h4-15H,1-3H3,(H,27,32)(H,28,31). The van der Waals surface area contributed by atoms with Gasteiger partial charge in [0.15, 0.2) is 5.69 Å². The number of ether oxygens (including phenoxy) is 1. The molecule has 9 nitrogen and oxygen atoms in total. The number of nitrogens with zero attached hydrogens (tertiary/aromatic N) is 3. The number of hydrogen-bond donors (Lipinski definition) is 2. The maximum Gasteiger partial charge on any atom is 0.276 e. The third-order valence-corrected chi connectivity index (χ3v) is 5.16. The van der Waals surface area contributed by atoms with Crippen LogP contribution in [0.3, 0.4) is 0 Å². The highest BCUT2D eigenvalue weighted by atomic mass is 16.5. The predicted octanol–water partition coefficient (Wildman–Crippen LogP) is 3.89. The van der Waals surface area contributed by atoms with Gasteiger partial charge in [-0.2, -0.15) is 5.10 Å². The van der Waals surface area contributed by atoms with E-state index in [0.29, 0.717) is 33.5 Å². The van der Waals surface area contributed by atoms with Crippen LogP contribution < -0.4 is 20.9 Å². The lowest BCUT2D eigenvalue weighted by Crippen LogP contribution is -2.28. The Kier molecular flexibility index (Phi) is 6.35. The summed E-state index contributed by atoms with van der Waals surface area (Å²) in [6.07, 6.45) is 3.05. The van der Waals surface area contributed by atoms with Crippen molar-refractivity contribution in [3.63, 3.8) is 0 Å². The molecule has 4 aromatic rings. The van der Waals surface area contributed by atoms with E-state index in [2.05, 4.69) is 20.7 Å². The zero-order valence-corrected chi connectivity index (χ0v) is 18.9. The van der Waals surface area contributed by atoms with E-state index in [-0.39, 0.29) is 23.2 Å². The summed E-state index contributed by atoms with van der Waals surface area (Å²) < 4.78 is 6.70. The zero-order valence-electron chi connectivity index (χ0n) is 18.9. The van der Waals surface area contributed by atoms with Gasteiger partial charge in [0.25, 0.3) is 17.4 Å². The van der Waals surface area contributed by atoms with Crippen LogP contribution in [0.1, 0.15) is 40.7 Å². The van der Waals surface area contributed by atoms with Gasteiger partial charge in [-0.3, -0.25) is 19.4 Å². The van der Waals surface area contributed by atoms with Crippen molar-refractivity contribution in [3.8, 4) is 5.75 Å². The first-order valence-electron chi connectivity index (χ1n) is 10.6. The number of benzene rings is 2. The van der Waals surface area contributed by atoms with Crippen LogP contribution in [-0.2, 0) is 0 Å². The van der Waals surface area contributed by atoms with Crippen LogP contribution in [0.25, 0.3) is 10.8 Å². The second kappa shape index (κ2) is 9.53. The van der Waals surface area contributed by atoms with Crippen molar-refractivity contribution >= 4 is 34.0 Å². The van der Waals surface area contributed by atoms with E-state index >= 15 is 0 Å². The molecule has 2 heterocycles. The number of hydrogen-bond acceptors (Lipinski definition) is 6. The molecule has 0 spiro atoms. The molecule has 34 heavy (non-hydrogen) atoms. The third kappa shape index (κ3) is 4.49. The molecule has 9 heteroatoms. The third-order valence-electron chi connectivity index (χ3n) is 5.16. The highest BCUT2D eigenvalue weighted by Gasteiger charge is 2.19. The quantitative estimate of drug-likeness (QED) is 0.454. The Hall–Kier alpha value is -4.53. The van der Waals surface area contributed by atoms with Crippen molar-refractivity contribution < 1.29 is 14.3 Å². The number of nitrogens with one attached hydrogen (secondary N) is 2. The topological polar surface area (TPSA) is 115 Å². The Labute approximate surface area is 195 Å². The number of anilines is 2. The van der Waals surface area contributed by atoms with Crippen molar-refractivity contribution in [1.82, 2.24) is 14.8 Å². The van der Waals surface area contributed by atoms with E-state index in [1.807, 2.05) is 13.8 Å². The largest absolute Gasteiger partial charge is 0.494 e. The van der Waals surface area contributed by atoms with E-state index in [1.54, 1.807) is 60.8 Å². The molecule has 172 valence electrons. The van der Waals surface area contributed by atoms with Crippen molar-refractivity contribution in [3.05, 3.63) is 88.6 Å². The summed E-state index contributed by atoms with van der Waals surface area (Å²) in [5.74, 6) is -0.449. The van der Waals surface area contributed by atoms with Gasteiger partial charge in [0.1, 0.15) is 5.75 Å². The van der Waals surface area contributed by atoms with E-state index < -0.39 is 5.91 Å². The molecule has 0 bridgehead atoms. The first-order valence-corrected chi connectivity index (χ1v) is 10.6. The Balaban J connectivity index is 1.63. The van der Waals surface area contributed by atoms with E-state index in [1.165, 1.54) is 18.0 Å². The molecule has 2 aromatic carbocycles. The fourth-order valence-corrected chi connectivity index (χ4v) is 3.48. The lowest BCUT2D eigenvalue weighted by molar-refractivity contribution is 0.101. The Morgan fingerprint density at radius 3 is 2.41 bits per heavy atom. The molecule has 0 saturated heterocycles. The van der Waals surface area contributed by atoms with Gasteiger partial charge in [-0.25, -0.2) is 4.68 Å². The predicted molar refractivity (Wildman–Crippen MR) is 130 cm³/mol. The summed E-state index contributed by atoms with van der Waals surface area (Å²) in [6.45, 7) is 3.66. The second-order valence-electron chi connectivity index (χ2n) is 7.80. The van der Waals surface area contributed by atoms with Crippen LogP contribution in [0.15, 0.2) is 71.8 Å². The molecule has 2 N–H and O–H groups in total. The number of pyridine rings is 1. The molecule has 0 fully saturated rings. The monoisotopic (exact) mass is 457 g/mol. The minimum atomic E-state index is -0.472. The van der Waals surface area contributed by atoms with E-state index in [0.717, 1.165) is 0 Å². The number of fused-ring (bicyclic) bond motifs is 1. The fraction of sp³-hybridized carbons (Fsp3) is 0.160. The van der Waals surface area contributed by atoms with Crippen LogP contribution in [0.5, 0.6) is 5.75 Å². The number of carbonyl (C=O) groups excluding carboxylic acids is 2.